The third kappa shape index (κ3) is 4.31. The van der Waals surface area contributed by atoms with Crippen molar-refractivity contribution < 1.29 is 8.42 Å². The molecule has 120 valence electrons. The van der Waals surface area contributed by atoms with Crippen molar-refractivity contribution in [2.24, 2.45) is 5.92 Å². The SMILES string of the molecule is CCNCc1cc(S(=O)(=O)NCCC2CCC2)cn1CC. The number of nitrogens with one attached hydrogen (secondary N) is 2. The highest BCUT2D eigenvalue weighted by Crippen LogP contribution is 2.28. The lowest BCUT2D eigenvalue weighted by molar-refractivity contribution is 0.297. The van der Waals surface area contributed by atoms with E-state index in [0.717, 1.165) is 31.1 Å². The Hall–Kier alpha value is -0.850. The number of hydrogen-bond acceptors (Lipinski definition) is 3. The van der Waals surface area contributed by atoms with Gasteiger partial charge in [0.1, 0.15) is 0 Å². The molecule has 0 spiro atoms. The molecule has 2 rings (SSSR count). The molecular formula is C15H27N3O2S. The minimum atomic E-state index is -3.38. The number of rotatable bonds is 9. The van der Waals surface area contributed by atoms with E-state index in [-0.39, 0.29) is 0 Å². The fourth-order valence-electron chi connectivity index (χ4n) is 2.63. The summed E-state index contributed by atoms with van der Waals surface area (Å²) in [6, 6.07) is 1.78. The highest BCUT2D eigenvalue weighted by atomic mass is 32.2. The quantitative estimate of drug-likeness (QED) is 0.734. The third-order valence-electron chi connectivity index (χ3n) is 4.24. The molecule has 1 fully saturated rings. The van der Waals surface area contributed by atoms with Crippen molar-refractivity contribution in [3.63, 3.8) is 0 Å². The zero-order valence-electron chi connectivity index (χ0n) is 13.1. The van der Waals surface area contributed by atoms with E-state index in [4.69, 9.17) is 0 Å². The second kappa shape index (κ2) is 7.42. The molecule has 6 heteroatoms. The molecule has 0 amide bonds. The van der Waals surface area contributed by atoms with Crippen LogP contribution in [0.4, 0.5) is 0 Å². The standard InChI is InChI=1S/C15H27N3O2S/c1-3-16-11-14-10-15(12-18(14)4-2)21(19,20)17-9-8-13-6-5-7-13/h10,12-13,16-17H,3-9,11H2,1-2H3. The lowest BCUT2D eigenvalue weighted by atomic mass is 9.83. The zero-order valence-corrected chi connectivity index (χ0v) is 13.9. The maximum absolute atomic E-state index is 12.3. The monoisotopic (exact) mass is 313 g/mol. The predicted octanol–water partition coefficient (Wildman–Crippen LogP) is 2.09. The van der Waals surface area contributed by atoms with Crippen molar-refractivity contribution in [2.75, 3.05) is 13.1 Å². The summed E-state index contributed by atoms with van der Waals surface area (Å²) in [4.78, 5) is 0.380. The fraction of sp³-hybridized carbons (Fsp3) is 0.733. The first-order valence-corrected chi connectivity index (χ1v) is 9.44. The largest absolute Gasteiger partial charge is 0.349 e. The van der Waals surface area contributed by atoms with Gasteiger partial charge in [0.15, 0.2) is 0 Å². The van der Waals surface area contributed by atoms with Crippen LogP contribution in [0.15, 0.2) is 17.2 Å². The van der Waals surface area contributed by atoms with E-state index in [2.05, 4.69) is 10.0 Å². The topological polar surface area (TPSA) is 63.1 Å². The van der Waals surface area contributed by atoms with Crippen LogP contribution in [0.3, 0.4) is 0 Å². The highest BCUT2D eigenvalue weighted by Gasteiger charge is 2.20. The van der Waals surface area contributed by atoms with Crippen molar-refractivity contribution in [3.8, 4) is 0 Å². The Kier molecular flexibility index (Phi) is 5.84. The van der Waals surface area contributed by atoms with Gasteiger partial charge in [-0.3, -0.25) is 0 Å². The molecule has 0 atom stereocenters. The maximum Gasteiger partial charge on any atom is 0.242 e. The van der Waals surface area contributed by atoms with E-state index in [9.17, 15) is 8.42 Å². The molecule has 0 unspecified atom stereocenters. The lowest BCUT2D eigenvalue weighted by Crippen LogP contribution is -2.27. The molecule has 1 aromatic heterocycles. The van der Waals surface area contributed by atoms with Gasteiger partial charge in [-0.05, 0) is 31.9 Å². The Labute approximate surface area is 128 Å². The number of hydrogen-bond donors (Lipinski definition) is 2. The van der Waals surface area contributed by atoms with Crippen molar-refractivity contribution >= 4 is 10.0 Å². The molecular weight excluding hydrogens is 286 g/mol. The van der Waals surface area contributed by atoms with Crippen LogP contribution in [0.25, 0.3) is 0 Å². The van der Waals surface area contributed by atoms with Gasteiger partial charge in [-0.1, -0.05) is 26.2 Å². The van der Waals surface area contributed by atoms with E-state index in [1.807, 2.05) is 18.4 Å². The van der Waals surface area contributed by atoms with E-state index >= 15 is 0 Å². The Morgan fingerprint density at radius 2 is 2.10 bits per heavy atom. The molecule has 0 saturated heterocycles. The summed E-state index contributed by atoms with van der Waals surface area (Å²) in [7, 11) is -3.38. The Morgan fingerprint density at radius 1 is 1.33 bits per heavy atom. The summed E-state index contributed by atoms with van der Waals surface area (Å²) in [5, 5.41) is 3.24. The van der Waals surface area contributed by atoms with Gasteiger partial charge in [0.25, 0.3) is 0 Å². The zero-order chi connectivity index (χ0) is 15.3. The fourth-order valence-corrected chi connectivity index (χ4v) is 3.74. The average Bonchev–Trinajstić information content (AvgIpc) is 2.83. The first-order chi connectivity index (χ1) is 10.1. The van der Waals surface area contributed by atoms with Crippen molar-refractivity contribution in [3.05, 3.63) is 18.0 Å². The maximum atomic E-state index is 12.3. The second-order valence-corrected chi connectivity index (χ2v) is 7.48. The molecule has 1 aromatic rings. The van der Waals surface area contributed by atoms with Crippen LogP contribution in [0.5, 0.6) is 0 Å². The highest BCUT2D eigenvalue weighted by molar-refractivity contribution is 7.89. The first kappa shape index (κ1) is 16.5. The number of sulfonamides is 1. The minimum absolute atomic E-state index is 0.380. The van der Waals surface area contributed by atoms with Gasteiger partial charge in [0, 0.05) is 31.5 Å². The van der Waals surface area contributed by atoms with Crippen LogP contribution in [0, 0.1) is 5.92 Å². The summed E-state index contributed by atoms with van der Waals surface area (Å²) in [6.45, 7) is 6.96. The summed E-state index contributed by atoms with van der Waals surface area (Å²) in [5.74, 6) is 0.720. The minimum Gasteiger partial charge on any atom is -0.349 e. The van der Waals surface area contributed by atoms with Crippen molar-refractivity contribution in [1.29, 1.82) is 0 Å². The molecule has 1 heterocycles. The van der Waals surface area contributed by atoms with E-state index in [0.29, 0.717) is 18.0 Å². The van der Waals surface area contributed by atoms with E-state index < -0.39 is 10.0 Å². The predicted molar refractivity (Wildman–Crippen MR) is 84.6 cm³/mol. The molecule has 0 aromatic carbocycles. The Morgan fingerprint density at radius 3 is 2.67 bits per heavy atom. The summed E-state index contributed by atoms with van der Waals surface area (Å²) < 4.78 is 29.4. The van der Waals surface area contributed by atoms with Crippen LogP contribution >= 0.6 is 0 Å². The lowest BCUT2D eigenvalue weighted by Gasteiger charge is -2.24. The Balaban J connectivity index is 1.98. The molecule has 0 aliphatic heterocycles. The van der Waals surface area contributed by atoms with Gasteiger partial charge in [0.2, 0.25) is 10.0 Å². The molecule has 0 bridgehead atoms. The van der Waals surface area contributed by atoms with Gasteiger partial charge in [0.05, 0.1) is 4.90 Å². The third-order valence-corrected chi connectivity index (χ3v) is 5.67. The van der Waals surface area contributed by atoms with Gasteiger partial charge in [-0.15, -0.1) is 0 Å². The summed E-state index contributed by atoms with van der Waals surface area (Å²) in [5.41, 5.74) is 1.01. The van der Waals surface area contributed by atoms with Gasteiger partial charge < -0.3 is 9.88 Å². The van der Waals surface area contributed by atoms with Crippen LogP contribution in [-0.2, 0) is 23.1 Å². The Bertz CT molecular complexity index is 547. The molecule has 2 N–H and O–H groups in total. The van der Waals surface area contributed by atoms with Crippen LogP contribution in [0.2, 0.25) is 0 Å². The number of nitrogens with zero attached hydrogens (tertiary/aromatic N) is 1. The smallest absolute Gasteiger partial charge is 0.242 e. The molecule has 21 heavy (non-hydrogen) atoms. The molecule has 0 radical (unpaired) electrons. The second-order valence-electron chi connectivity index (χ2n) is 5.72. The van der Waals surface area contributed by atoms with Crippen LogP contribution in [-0.4, -0.2) is 26.1 Å². The van der Waals surface area contributed by atoms with Crippen LogP contribution in [0.1, 0.15) is 45.2 Å². The molecule has 1 aliphatic rings. The first-order valence-electron chi connectivity index (χ1n) is 7.96. The van der Waals surface area contributed by atoms with E-state index in [1.54, 1.807) is 12.3 Å². The molecule has 5 nitrogen and oxygen atoms in total. The van der Waals surface area contributed by atoms with E-state index in [1.165, 1.54) is 19.3 Å². The number of aromatic nitrogens is 1. The normalized spacial score (nSPS) is 16.1. The average molecular weight is 313 g/mol. The van der Waals surface area contributed by atoms with Gasteiger partial charge in [-0.25, -0.2) is 13.1 Å². The molecule has 1 saturated carbocycles. The van der Waals surface area contributed by atoms with Gasteiger partial charge in [-0.2, -0.15) is 0 Å². The molecule has 1 aliphatic carbocycles. The van der Waals surface area contributed by atoms with Crippen molar-refractivity contribution in [1.82, 2.24) is 14.6 Å². The van der Waals surface area contributed by atoms with Gasteiger partial charge >= 0.3 is 0 Å². The van der Waals surface area contributed by atoms with Crippen LogP contribution < -0.4 is 10.0 Å². The van der Waals surface area contributed by atoms with Crippen molar-refractivity contribution in [2.45, 2.75) is 57.5 Å². The summed E-state index contributed by atoms with van der Waals surface area (Å²) >= 11 is 0. The summed E-state index contributed by atoms with van der Waals surface area (Å²) in [6.07, 6.45) is 6.49. The number of aryl methyl sites for hydroxylation is 1.